The molecule has 4 rings (SSSR count). The van der Waals surface area contributed by atoms with Crippen LogP contribution in [0.3, 0.4) is 0 Å². The number of hydrogen-bond acceptors (Lipinski definition) is 5. The minimum Gasteiger partial charge on any atom is -0.340 e. The minimum absolute atomic E-state index is 0.0352. The lowest BCUT2D eigenvalue weighted by Gasteiger charge is -2.38. The van der Waals surface area contributed by atoms with Crippen molar-refractivity contribution in [3.05, 3.63) is 65.7 Å². The molecule has 184 valence electrons. The van der Waals surface area contributed by atoms with Crippen LogP contribution in [0.4, 0.5) is 0 Å². The molecular weight excluding hydrogens is 448 g/mol. The Bertz CT molecular complexity index is 1050. The highest BCUT2D eigenvalue weighted by atomic mass is 32.2. The molecule has 1 N–H and O–H groups in total. The van der Waals surface area contributed by atoms with Crippen molar-refractivity contribution >= 4 is 15.9 Å². The van der Waals surface area contributed by atoms with Crippen molar-refractivity contribution < 1.29 is 13.2 Å². The SMILES string of the molecule is Cc1ccccc1S(=O)(=O)N(CCC(=O)N1CCNCC1)C1CCN(Cc2ccccc2)CC1. The van der Waals surface area contributed by atoms with E-state index in [9.17, 15) is 13.2 Å². The maximum absolute atomic E-state index is 13.8. The fraction of sp³-hybridized carbons (Fsp3) is 0.500. The number of carbonyl (C=O) groups excluding carboxylic acids is 1. The third-order valence-electron chi connectivity index (χ3n) is 6.91. The van der Waals surface area contributed by atoms with Crippen LogP contribution >= 0.6 is 0 Å². The fourth-order valence-electron chi connectivity index (χ4n) is 4.96. The second-order valence-electron chi connectivity index (χ2n) is 9.25. The zero-order valence-corrected chi connectivity index (χ0v) is 20.8. The monoisotopic (exact) mass is 484 g/mol. The van der Waals surface area contributed by atoms with Gasteiger partial charge in [-0.25, -0.2) is 8.42 Å². The normalized spacial score (nSPS) is 18.4. The van der Waals surface area contributed by atoms with Crippen LogP contribution in [-0.4, -0.2) is 80.3 Å². The molecule has 2 saturated heterocycles. The molecule has 0 aromatic heterocycles. The first-order chi connectivity index (χ1) is 16.4. The maximum atomic E-state index is 13.8. The van der Waals surface area contributed by atoms with Crippen LogP contribution in [0.15, 0.2) is 59.5 Å². The summed E-state index contributed by atoms with van der Waals surface area (Å²) in [6, 6.07) is 17.4. The molecule has 0 spiro atoms. The number of nitrogens with one attached hydrogen (secondary N) is 1. The Morgan fingerprint density at radius 3 is 2.29 bits per heavy atom. The van der Waals surface area contributed by atoms with Crippen LogP contribution in [-0.2, 0) is 21.4 Å². The van der Waals surface area contributed by atoms with Crippen molar-refractivity contribution in [3.63, 3.8) is 0 Å². The Kier molecular flexibility index (Phi) is 8.37. The van der Waals surface area contributed by atoms with E-state index in [-0.39, 0.29) is 24.9 Å². The molecule has 0 aliphatic carbocycles. The van der Waals surface area contributed by atoms with Crippen LogP contribution in [0.25, 0.3) is 0 Å². The predicted molar refractivity (Wildman–Crippen MR) is 134 cm³/mol. The van der Waals surface area contributed by atoms with Gasteiger partial charge in [-0.2, -0.15) is 4.31 Å². The molecular formula is C26H36N4O3S. The number of carbonyl (C=O) groups is 1. The summed E-state index contributed by atoms with van der Waals surface area (Å²) in [7, 11) is -3.70. The highest BCUT2D eigenvalue weighted by molar-refractivity contribution is 7.89. The Morgan fingerprint density at radius 1 is 0.971 bits per heavy atom. The molecule has 0 atom stereocenters. The standard InChI is InChI=1S/C26H36N4O3S/c1-22-7-5-6-10-25(22)34(32,33)30(18-13-26(31)29-19-14-27-15-20-29)24-11-16-28(17-12-24)21-23-8-3-2-4-9-23/h2-10,24,27H,11-21H2,1H3. The molecule has 34 heavy (non-hydrogen) atoms. The lowest BCUT2D eigenvalue weighted by Crippen LogP contribution is -2.50. The first kappa shape index (κ1) is 24.9. The van der Waals surface area contributed by atoms with E-state index in [2.05, 4.69) is 22.3 Å². The summed E-state index contributed by atoms with van der Waals surface area (Å²) < 4.78 is 29.2. The summed E-state index contributed by atoms with van der Waals surface area (Å²) in [4.78, 5) is 17.4. The van der Waals surface area contributed by atoms with Crippen LogP contribution in [0.2, 0.25) is 0 Å². The molecule has 0 unspecified atom stereocenters. The van der Waals surface area contributed by atoms with E-state index in [1.807, 2.05) is 42.2 Å². The van der Waals surface area contributed by atoms with Gasteiger partial charge < -0.3 is 10.2 Å². The second-order valence-corrected chi connectivity index (χ2v) is 11.1. The number of nitrogens with zero attached hydrogens (tertiary/aromatic N) is 3. The third kappa shape index (κ3) is 6.05. The van der Waals surface area contributed by atoms with Crippen molar-refractivity contribution in [1.82, 2.24) is 19.4 Å². The predicted octanol–water partition coefficient (Wildman–Crippen LogP) is 2.47. The molecule has 0 saturated carbocycles. The average molecular weight is 485 g/mol. The smallest absolute Gasteiger partial charge is 0.243 e. The first-order valence-corrected chi connectivity index (χ1v) is 13.7. The van der Waals surface area contributed by atoms with Gasteiger partial charge in [0.05, 0.1) is 4.90 Å². The molecule has 1 amide bonds. The van der Waals surface area contributed by atoms with Gasteiger partial charge in [-0.3, -0.25) is 9.69 Å². The number of rotatable bonds is 8. The van der Waals surface area contributed by atoms with Gasteiger partial charge in [-0.1, -0.05) is 48.5 Å². The molecule has 8 heteroatoms. The van der Waals surface area contributed by atoms with Gasteiger partial charge in [0.25, 0.3) is 0 Å². The summed E-state index contributed by atoms with van der Waals surface area (Å²) in [5.74, 6) is 0.0352. The quantitative estimate of drug-likeness (QED) is 0.623. The van der Waals surface area contributed by atoms with Crippen molar-refractivity contribution in [2.45, 2.75) is 43.7 Å². The van der Waals surface area contributed by atoms with E-state index in [1.54, 1.807) is 16.4 Å². The summed E-state index contributed by atoms with van der Waals surface area (Å²) >= 11 is 0. The van der Waals surface area contributed by atoms with Gasteiger partial charge >= 0.3 is 0 Å². The van der Waals surface area contributed by atoms with Crippen LogP contribution in [0.1, 0.15) is 30.4 Å². The molecule has 2 fully saturated rings. The number of likely N-dealkylation sites (tertiary alicyclic amines) is 1. The number of piperazine rings is 1. The Hall–Kier alpha value is -2.26. The third-order valence-corrected chi connectivity index (χ3v) is 9.02. The van der Waals surface area contributed by atoms with Gasteiger partial charge in [-0.15, -0.1) is 0 Å². The van der Waals surface area contributed by atoms with Gasteiger partial charge in [0, 0.05) is 64.8 Å². The molecule has 7 nitrogen and oxygen atoms in total. The summed E-state index contributed by atoms with van der Waals surface area (Å²) in [6.45, 7) is 7.55. The minimum atomic E-state index is -3.70. The largest absolute Gasteiger partial charge is 0.340 e. The lowest BCUT2D eigenvalue weighted by atomic mass is 10.0. The summed E-state index contributed by atoms with van der Waals surface area (Å²) in [5, 5.41) is 3.25. The Labute approximate surface area is 203 Å². The Morgan fingerprint density at radius 2 is 1.62 bits per heavy atom. The van der Waals surface area contributed by atoms with Gasteiger partial charge in [-0.05, 0) is 37.0 Å². The van der Waals surface area contributed by atoms with E-state index >= 15 is 0 Å². The van der Waals surface area contributed by atoms with E-state index in [1.165, 1.54) is 5.56 Å². The van der Waals surface area contributed by atoms with Gasteiger partial charge in [0.2, 0.25) is 15.9 Å². The van der Waals surface area contributed by atoms with E-state index < -0.39 is 10.0 Å². The lowest BCUT2D eigenvalue weighted by molar-refractivity contribution is -0.131. The summed E-state index contributed by atoms with van der Waals surface area (Å²) in [6.07, 6.45) is 1.74. The van der Waals surface area contributed by atoms with Crippen molar-refractivity contribution in [2.75, 3.05) is 45.8 Å². The number of sulfonamides is 1. The zero-order chi connectivity index (χ0) is 24.0. The summed E-state index contributed by atoms with van der Waals surface area (Å²) in [5.41, 5.74) is 2.01. The van der Waals surface area contributed by atoms with Gasteiger partial charge in [0.1, 0.15) is 0 Å². The molecule has 2 heterocycles. The molecule has 2 aromatic rings. The number of aryl methyl sites for hydroxylation is 1. The molecule has 0 bridgehead atoms. The van der Waals surface area contributed by atoms with E-state index in [4.69, 9.17) is 0 Å². The van der Waals surface area contributed by atoms with Crippen molar-refractivity contribution in [3.8, 4) is 0 Å². The highest BCUT2D eigenvalue weighted by Crippen LogP contribution is 2.27. The second kappa shape index (κ2) is 11.4. The van der Waals surface area contributed by atoms with Crippen LogP contribution < -0.4 is 5.32 Å². The molecule has 2 aliphatic rings. The number of amides is 1. The zero-order valence-electron chi connectivity index (χ0n) is 20.0. The highest BCUT2D eigenvalue weighted by Gasteiger charge is 2.35. The van der Waals surface area contributed by atoms with Crippen LogP contribution in [0.5, 0.6) is 0 Å². The van der Waals surface area contributed by atoms with Crippen LogP contribution in [0, 0.1) is 6.92 Å². The molecule has 2 aromatic carbocycles. The van der Waals surface area contributed by atoms with E-state index in [0.29, 0.717) is 18.0 Å². The molecule has 0 radical (unpaired) electrons. The van der Waals surface area contributed by atoms with Crippen molar-refractivity contribution in [1.29, 1.82) is 0 Å². The van der Waals surface area contributed by atoms with Gasteiger partial charge in [0.15, 0.2) is 0 Å². The first-order valence-electron chi connectivity index (χ1n) is 12.3. The molecule has 2 aliphatic heterocycles. The number of benzene rings is 2. The van der Waals surface area contributed by atoms with E-state index in [0.717, 1.165) is 51.1 Å². The maximum Gasteiger partial charge on any atom is 0.243 e. The number of hydrogen-bond donors (Lipinski definition) is 1. The number of piperidine rings is 1. The average Bonchev–Trinajstić information content (AvgIpc) is 2.86. The Balaban J connectivity index is 1.47. The van der Waals surface area contributed by atoms with Crippen molar-refractivity contribution in [2.24, 2.45) is 0 Å². The fourth-order valence-corrected chi connectivity index (χ4v) is 6.87. The topological polar surface area (TPSA) is 73.0 Å².